The number of nitrogens with one attached hydrogen (secondary N) is 2. The van der Waals surface area contributed by atoms with Gasteiger partial charge < -0.3 is 25.0 Å². The minimum Gasteiger partial charge on any atom is -0.487 e. The lowest BCUT2D eigenvalue weighted by Gasteiger charge is -2.30. The largest absolute Gasteiger partial charge is 0.487 e. The molecule has 1 fully saturated rings. The van der Waals surface area contributed by atoms with Crippen molar-refractivity contribution in [3.8, 4) is 11.8 Å². The zero-order valence-electron chi connectivity index (χ0n) is 27.7. The molecule has 0 aliphatic carbocycles. The summed E-state index contributed by atoms with van der Waals surface area (Å²) >= 11 is 0. The summed E-state index contributed by atoms with van der Waals surface area (Å²) in [5.74, 6) is 0.209. The number of para-hydroxylation sites is 1. The molecule has 0 unspecified atom stereocenters. The van der Waals surface area contributed by atoms with E-state index in [0.717, 1.165) is 33.6 Å². The van der Waals surface area contributed by atoms with Crippen molar-refractivity contribution < 1.29 is 23.9 Å². The topological polar surface area (TPSA) is 131 Å². The number of hydrogen-bond acceptors (Lipinski definition) is 8. The number of carbonyl (C=O) groups excluding carboxylic acids is 3. The predicted molar refractivity (Wildman–Crippen MR) is 180 cm³/mol. The molecule has 12 nitrogen and oxygen atoms in total. The second kappa shape index (κ2) is 15.1. The quantitative estimate of drug-likeness (QED) is 0.241. The maximum absolute atomic E-state index is 13.2. The van der Waals surface area contributed by atoms with Gasteiger partial charge in [0.05, 0.1) is 38.0 Å². The number of piperidine rings is 1. The van der Waals surface area contributed by atoms with Gasteiger partial charge in [0.15, 0.2) is 0 Å². The summed E-state index contributed by atoms with van der Waals surface area (Å²) in [5.41, 5.74) is 6.09. The second-order valence-corrected chi connectivity index (χ2v) is 11.8. The first kappa shape index (κ1) is 33.4. The molecule has 3 heterocycles. The van der Waals surface area contributed by atoms with Crippen LogP contribution in [0.5, 0.6) is 11.8 Å². The molecular formula is C35H43N7O5. The van der Waals surface area contributed by atoms with Crippen LogP contribution in [0, 0.1) is 19.8 Å². The van der Waals surface area contributed by atoms with Crippen LogP contribution in [0.1, 0.15) is 35.2 Å². The summed E-state index contributed by atoms with van der Waals surface area (Å²) in [6, 6.07) is 15.9. The van der Waals surface area contributed by atoms with Crippen molar-refractivity contribution in [1.82, 2.24) is 30.1 Å². The van der Waals surface area contributed by atoms with E-state index in [1.165, 1.54) is 0 Å². The maximum Gasteiger partial charge on any atom is 0.297 e. The van der Waals surface area contributed by atoms with Gasteiger partial charge >= 0.3 is 0 Å². The maximum atomic E-state index is 13.2. The Morgan fingerprint density at radius 3 is 2.53 bits per heavy atom. The highest BCUT2D eigenvalue weighted by atomic mass is 16.5. The molecule has 5 rings (SSSR count). The van der Waals surface area contributed by atoms with Crippen molar-refractivity contribution in [2.75, 3.05) is 52.3 Å². The molecular weight excluding hydrogens is 598 g/mol. The number of pyridine rings is 1. The van der Waals surface area contributed by atoms with Gasteiger partial charge in [-0.15, -0.1) is 0 Å². The van der Waals surface area contributed by atoms with Crippen LogP contribution in [0.2, 0.25) is 0 Å². The van der Waals surface area contributed by atoms with E-state index in [1.807, 2.05) is 71.8 Å². The third-order valence-corrected chi connectivity index (χ3v) is 8.86. The van der Waals surface area contributed by atoms with Crippen molar-refractivity contribution >= 4 is 34.4 Å². The lowest BCUT2D eigenvalue weighted by atomic mass is 9.96. The SMILES string of the molecule is CNC(=O)C1CCN(CC(=O)NCC(=O)N(C)c2ccc(C)c(COc3cccc4c3nc(OC)n4Cc3ccccn3)c2C)CC1. The number of likely N-dealkylation sites (N-methyl/N-ethyl adjacent to an activating group) is 1. The van der Waals surface area contributed by atoms with Crippen molar-refractivity contribution in [3.05, 3.63) is 77.1 Å². The fourth-order valence-electron chi connectivity index (χ4n) is 6.04. The average molecular weight is 642 g/mol. The molecule has 47 heavy (non-hydrogen) atoms. The van der Waals surface area contributed by atoms with Gasteiger partial charge in [-0.05, 0) is 86.8 Å². The van der Waals surface area contributed by atoms with Gasteiger partial charge in [0.25, 0.3) is 6.01 Å². The molecule has 2 aromatic heterocycles. The lowest BCUT2D eigenvalue weighted by molar-refractivity contribution is -0.127. The van der Waals surface area contributed by atoms with Crippen molar-refractivity contribution in [3.63, 3.8) is 0 Å². The molecule has 0 spiro atoms. The minimum absolute atomic E-state index is 0.0128. The normalized spacial score (nSPS) is 13.7. The van der Waals surface area contributed by atoms with Gasteiger partial charge in [-0.1, -0.05) is 18.2 Å². The van der Waals surface area contributed by atoms with Crippen LogP contribution in [-0.4, -0.2) is 84.5 Å². The first-order valence-corrected chi connectivity index (χ1v) is 15.8. The highest BCUT2D eigenvalue weighted by molar-refractivity contribution is 5.97. The van der Waals surface area contributed by atoms with Crippen LogP contribution in [0.3, 0.4) is 0 Å². The number of aromatic nitrogens is 3. The number of methoxy groups -OCH3 is 1. The number of aryl methyl sites for hydroxylation is 1. The number of carbonyl (C=O) groups is 3. The Labute approximate surface area is 275 Å². The molecule has 4 aromatic rings. The number of rotatable bonds is 12. The smallest absolute Gasteiger partial charge is 0.297 e. The number of ether oxygens (including phenoxy) is 2. The van der Waals surface area contributed by atoms with E-state index in [0.29, 0.717) is 49.8 Å². The molecule has 1 aliphatic rings. The van der Waals surface area contributed by atoms with E-state index in [9.17, 15) is 14.4 Å². The Hall–Kier alpha value is -4.97. The van der Waals surface area contributed by atoms with Gasteiger partial charge in [-0.25, -0.2) is 0 Å². The Bertz CT molecular complexity index is 1730. The van der Waals surface area contributed by atoms with Crippen LogP contribution in [0.15, 0.2) is 54.7 Å². The van der Waals surface area contributed by atoms with Crippen molar-refractivity contribution in [2.45, 2.75) is 39.8 Å². The van der Waals surface area contributed by atoms with E-state index >= 15 is 0 Å². The van der Waals surface area contributed by atoms with E-state index in [4.69, 9.17) is 14.5 Å². The number of amides is 3. The fourth-order valence-corrected chi connectivity index (χ4v) is 6.04. The van der Waals surface area contributed by atoms with Gasteiger partial charge in [0.2, 0.25) is 17.7 Å². The molecule has 2 aromatic carbocycles. The molecule has 248 valence electrons. The van der Waals surface area contributed by atoms with Gasteiger partial charge in [0.1, 0.15) is 17.9 Å². The number of fused-ring (bicyclic) bond motifs is 1. The van der Waals surface area contributed by atoms with Gasteiger partial charge in [-0.2, -0.15) is 4.98 Å². The van der Waals surface area contributed by atoms with Gasteiger partial charge in [0, 0.05) is 31.9 Å². The van der Waals surface area contributed by atoms with E-state index in [1.54, 1.807) is 32.3 Å². The third kappa shape index (κ3) is 7.71. The van der Waals surface area contributed by atoms with Crippen LogP contribution >= 0.6 is 0 Å². The molecule has 0 atom stereocenters. The van der Waals surface area contributed by atoms with Crippen molar-refractivity contribution in [1.29, 1.82) is 0 Å². The van der Waals surface area contributed by atoms with E-state index < -0.39 is 0 Å². The molecule has 3 amide bonds. The third-order valence-electron chi connectivity index (χ3n) is 8.86. The molecule has 1 aliphatic heterocycles. The predicted octanol–water partition coefficient (Wildman–Crippen LogP) is 3.22. The van der Waals surface area contributed by atoms with Crippen molar-refractivity contribution in [2.24, 2.45) is 5.92 Å². The molecule has 1 saturated heterocycles. The summed E-state index contributed by atoms with van der Waals surface area (Å²) in [4.78, 5) is 50.4. The summed E-state index contributed by atoms with van der Waals surface area (Å²) in [6.07, 6.45) is 3.19. The molecule has 2 N–H and O–H groups in total. The monoisotopic (exact) mass is 641 g/mol. The van der Waals surface area contributed by atoms with E-state index in [-0.39, 0.29) is 43.3 Å². The highest BCUT2D eigenvalue weighted by Crippen LogP contribution is 2.32. The summed E-state index contributed by atoms with van der Waals surface area (Å²) < 4.78 is 13.9. The molecule has 0 radical (unpaired) electrons. The molecule has 0 saturated carbocycles. The first-order valence-electron chi connectivity index (χ1n) is 15.8. The number of nitrogens with zero attached hydrogens (tertiary/aromatic N) is 5. The van der Waals surface area contributed by atoms with E-state index in [2.05, 4.69) is 15.6 Å². The Morgan fingerprint density at radius 1 is 1.04 bits per heavy atom. The molecule has 0 bridgehead atoms. The Morgan fingerprint density at radius 2 is 1.83 bits per heavy atom. The Kier molecular flexibility index (Phi) is 10.7. The summed E-state index contributed by atoms with van der Waals surface area (Å²) in [6.45, 7) is 6.18. The zero-order chi connectivity index (χ0) is 33.5. The standard InChI is InChI=1S/C35H43N7O5/c1-23-12-13-28(40(4)32(44)19-38-31(43)21-41-17-14-25(15-18-41)34(45)36-3)24(2)27(23)22-47-30-11-8-10-29-33(30)39-35(46-5)42(29)20-26-9-6-7-16-37-26/h6-13,16,25H,14-15,17-22H2,1-5H3,(H,36,45)(H,38,43). The zero-order valence-corrected chi connectivity index (χ0v) is 27.7. The Balaban J connectivity index is 1.22. The van der Waals surface area contributed by atoms with Gasteiger partial charge in [-0.3, -0.25) is 28.8 Å². The minimum atomic E-state index is -0.231. The van der Waals surface area contributed by atoms with Crippen LogP contribution < -0.4 is 25.0 Å². The molecule has 12 heteroatoms. The number of benzene rings is 2. The van der Waals surface area contributed by atoms with Crippen LogP contribution in [-0.2, 0) is 27.5 Å². The fraction of sp³-hybridized carbons (Fsp3) is 0.400. The summed E-state index contributed by atoms with van der Waals surface area (Å²) in [7, 11) is 4.95. The first-order chi connectivity index (χ1) is 22.7. The highest BCUT2D eigenvalue weighted by Gasteiger charge is 2.25. The van der Waals surface area contributed by atoms with Crippen LogP contribution in [0.25, 0.3) is 11.0 Å². The second-order valence-electron chi connectivity index (χ2n) is 11.8. The average Bonchev–Trinajstić information content (AvgIpc) is 3.45. The number of anilines is 1. The number of hydrogen-bond donors (Lipinski definition) is 2. The van der Waals surface area contributed by atoms with Crippen LogP contribution in [0.4, 0.5) is 5.69 Å². The number of imidazole rings is 1. The number of likely N-dealkylation sites (tertiary alicyclic amines) is 1. The lowest BCUT2D eigenvalue weighted by Crippen LogP contribution is -2.46. The summed E-state index contributed by atoms with van der Waals surface area (Å²) in [5, 5.41) is 5.46.